The van der Waals surface area contributed by atoms with Gasteiger partial charge in [-0.25, -0.2) is 0 Å². The quantitative estimate of drug-likeness (QED) is 0.395. The van der Waals surface area contributed by atoms with E-state index in [1.54, 1.807) is 12.1 Å². The molecule has 1 saturated carbocycles. The number of nitrogens with one attached hydrogen (secondary N) is 2. The second-order valence-corrected chi connectivity index (χ2v) is 9.81. The lowest BCUT2D eigenvalue weighted by atomic mass is 9.95. The van der Waals surface area contributed by atoms with Crippen molar-refractivity contribution in [2.75, 3.05) is 19.6 Å². The number of hydrogen-bond acceptors (Lipinski definition) is 3. The molecule has 0 unspecified atom stereocenters. The smallest absolute Gasteiger partial charge is 0.253 e. The Morgan fingerprint density at radius 3 is 2.29 bits per heavy atom. The van der Waals surface area contributed by atoms with Gasteiger partial charge in [0.05, 0.1) is 0 Å². The van der Waals surface area contributed by atoms with Crippen molar-refractivity contribution in [1.29, 1.82) is 0 Å². The Balaban J connectivity index is 1.66. The van der Waals surface area contributed by atoms with Crippen LogP contribution < -0.4 is 10.6 Å². The summed E-state index contributed by atoms with van der Waals surface area (Å²) in [4.78, 5) is 28.2. The molecule has 1 aliphatic rings. The number of carbonyl (C=O) groups is 2. The summed E-state index contributed by atoms with van der Waals surface area (Å²) in [5.74, 6) is -0.114. The van der Waals surface area contributed by atoms with E-state index in [9.17, 15) is 9.59 Å². The molecule has 35 heavy (non-hydrogen) atoms. The van der Waals surface area contributed by atoms with Crippen molar-refractivity contribution >= 4 is 11.8 Å². The van der Waals surface area contributed by atoms with Gasteiger partial charge in [-0.15, -0.1) is 0 Å². The van der Waals surface area contributed by atoms with Gasteiger partial charge in [0.25, 0.3) is 11.8 Å². The van der Waals surface area contributed by atoms with Crippen molar-refractivity contribution in [3.05, 3.63) is 71.3 Å². The van der Waals surface area contributed by atoms with Gasteiger partial charge in [-0.3, -0.25) is 9.59 Å². The van der Waals surface area contributed by atoms with Crippen molar-refractivity contribution < 1.29 is 9.59 Å². The van der Waals surface area contributed by atoms with E-state index in [2.05, 4.69) is 36.6 Å². The highest BCUT2D eigenvalue weighted by Gasteiger charge is 2.19. The monoisotopic (exact) mass is 477 g/mol. The topological polar surface area (TPSA) is 61.4 Å². The largest absolute Gasteiger partial charge is 0.349 e. The second-order valence-electron chi connectivity index (χ2n) is 9.81. The van der Waals surface area contributed by atoms with Crippen molar-refractivity contribution in [2.45, 2.75) is 83.7 Å². The molecule has 0 aliphatic heterocycles. The third-order valence-electron chi connectivity index (χ3n) is 6.84. The van der Waals surface area contributed by atoms with Gasteiger partial charge < -0.3 is 15.5 Å². The molecule has 0 heterocycles. The number of carbonyl (C=O) groups excluding carboxylic acids is 2. The minimum atomic E-state index is -0.115. The van der Waals surface area contributed by atoms with E-state index >= 15 is 0 Å². The molecule has 190 valence electrons. The van der Waals surface area contributed by atoms with Crippen LogP contribution >= 0.6 is 0 Å². The van der Waals surface area contributed by atoms with Crippen LogP contribution in [0.1, 0.15) is 91.5 Å². The molecule has 0 aromatic heterocycles. The Bertz CT molecular complexity index is 903. The normalized spacial score (nSPS) is 14.9. The molecule has 0 spiro atoms. The Labute approximate surface area is 211 Å². The lowest BCUT2D eigenvalue weighted by molar-refractivity contribution is 0.0755. The summed E-state index contributed by atoms with van der Waals surface area (Å²) >= 11 is 0. The molecule has 0 radical (unpaired) electrons. The summed E-state index contributed by atoms with van der Waals surface area (Å²) in [7, 11) is 0. The molecule has 1 aliphatic carbocycles. The molecule has 0 saturated heterocycles. The summed E-state index contributed by atoms with van der Waals surface area (Å²) in [5, 5.41) is 6.97. The molecular weight excluding hydrogens is 434 g/mol. The van der Waals surface area contributed by atoms with Crippen molar-refractivity contribution in [3.63, 3.8) is 0 Å². The van der Waals surface area contributed by atoms with Crippen LogP contribution in [0, 0.1) is 0 Å². The van der Waals surface area contributed by atoms with Crippen LogP contribution in [0.3, 0.4) is 0 Å². The van der Waals surface area contributed by atoms with Crippen molar-refractivity contribution in [1.82, 2.24) is 15.5 Å². The minimum Gasteiger partial charge on any atom is -0.349 e. The van der Waals surface area contributed by atoms with Crippen LogP contribution in [0.5, 0.6) is 0 Å². The maximum atomic E-state index is 13.2. The van der Waals surface area contributed by atoms with Gasteiger partial charge in [0, 0.05) is 36.3 Å². The highest BCUT2D eigenvalue weighted by molar-refractivity contribution is 5.99. The van der Waals surface area contributed by atoms with Gasteiger partial charge in [-0.05, 0) is 68.8 Å². The van der Waals surface area contributed by atoms with Gasteiger partial charge in [0.1, 0.15) is 0 Å². The highest BCUT2D eigenvalue weighted by atomic mass is 16.2. The molecule has 1 fully saturated rings. The van der Waals surface area contributed by atoms with Crippen LogP contribution in [0.2, 0.25) is 0 Å². The van der Waals surface area contributed by atoms with Gasteiger partial charge >= 0.3 is 0 Å². The minimum absolute atomic E-state index is 0.000803. The Hall–Kier alpha value is -2.66. The van der Waals surface area contributed by atoms with Gasteiger partial charge in [-0.2, -0.15) is 0 Å². The van der Waals surface area contributed by atoms with E-state index in [0.717, 1.165) is 45.3 Å². The summed E-state index contributed by atoms with van der Waals surface area (Å²) in [6.07, 6.45) is 9.98. The standard InChI is InChI=1S/C30H43N3O2/c1-3-20-33(21-4-2)30(35)26-15-11-14-25(23-26)29(34)32-28(22-24-12-7-5-8-13-24)18-19-31-27-16-9-6-10-17-27/h5,7-8,11-15,23,27-28,31H,3-4,6,9-10,16-22H2,1-2H3,(H,32,34)/t28-/m0/s1. The van der Waals surface area contributed by atoms with E-state index in [1.165, 1.54) is 37.7 Å². The summed E-state index contributed by atoms with van der Waals surface area (Å²) in [5.41, 5.74) is 2.34. The molecular formula is C30H43N3O2. The average molecular weight is 478 g/mol. The second kappa shape index (κ2) is 14.7. The summed E-state index contributed by atoms with van der Waals surface area (Å²) in [6, 6.07) is 18.1. The van der Waals surface area contributed by atoms with Crippen molar-refractivity contribution in [2.24, 2.45) is 0 Å². The summed E-state index contributed by atoms with van der Waals surface area (Å²) in [6.45, 7) is 6.52. The lowest BCUT2D eigenvalue weighted by Crippen LogP contribution is -2.40. The highest BCUT2D eigenvalue weighted by Crippen LogP contribution is 2.17. The first-order chi connectivity index (χ1) is 17.1. The predicted molar refractivity (Wildman–Crippen MR) is 144 cm³/mol. The molecule has 5 nitrogen and oxygen atoms in total. The number of hydrogen-bond donors (Lipinski definition) is 2. The fourth-order valence-electron chi connectivity index (χ4n) is 4.99. The number of nitrogens with zero attached hydrogens (tertiary/aromatic N) is 1. The van der Waals surface area contributed by atoms with E-state index in [4.69, 9.17) is 0 Å². The van der Waals surface area contributed by atoms with E-state index in [0.29, 0.717) is 17.2 Å². The maximum absolute atomic E-state index is 13.2. The van der Waals surface area contributed by atoms with E-state index in [1.807, 2.05) is 35.2 Å². The lowest BCUT2D eigenvalue weighted by Gasteiger charge is -2.25. The Morgan fingerprint density at radius 2 is 1.60 bits per heavy atom. The molecule has 1 atom stereocenters. The molecule has 5 heteroatoms. The van der Waals surface area contributed by atoms with Crippen LogP contribution in [0.25, 0.3) is 0 Å². The first-order valence-corrected chi connectivity index (χ1v) is 13.6. The zero-order chi connectivity index (χ0) is 24.9. The average Bonchev–Trinajstić information content (AvgIpc) is 2.89. The van der Waals surface area contributed by atoms with Gasteiger partial charge in [-0.1, -0.05) is 69.5 Å². The number of amides is 2. The molecule has 2 aromatic rings. The van der Waals surface area contributed by atoms with Gasteiger partial charge in [0.15, 0.2) is 0 Å². The molecule has 2 amide bonds. The van der Waals surface area contributed by atoms with Crippen LogP contribution in [0.4, 0.5) is 0 Å². The molecule has 2 aromatic carbocycles. The third kappa shape index (κ3) is 8.81. The van der Waals surface area contributed by atoms with E-state index in [-0.39, 0.29) is 17.9 Å². The first-order valence-electron chi connectivity index (χ1n) is 13.6. The predicted octanol–water partition coefficient (Wildman–Crippen LogP) is 5.60. The zero-order valence-corrected chi connectivity index (χ0v) is 21.6. The zero-order valence-electron chi connectivity index (χ0n) is 21.6. The SMILES string of the molecule is CCCN(CCC)C(=O)c1cccc(C(=O)N[C@@H](CCNC2CCCCC2)Cc2ccccc2)c1. The third-order valence-corrected chi connectivity index (χ3v) is 6.84. The fourth-order valence-corrected chi connectivity index (χ4v) is 4.99. The Morgan fingerprint density at radius 1 is 0.914 bits per heavy atom. The maximum Gasteiger partial charge on any atom is 0.253 e. The van der Waals surface area contributed by atoms with Crippen LogP contribution in [-0.4, -0.2) is 48.4 Å². The molecule has 0 bridgehead atoms. The Kier molecular flexibility index (Phi) is 11.3. The number of rotatable bonds is 13. The number of benzene rings is 2. The summed E-state index contributed by atoms with van der Waals surface area (Å²) < 4.78 is 0. The molecule has 3 rings (SSSR count). The first kappa shape index (κ1) is 26.9. The van der Waals surface area contributed by atoms with Crippen molar-refractivity contribution in [3.8, 4) is 0 Å². The van der Waals surface area contributed by atoms with Crippen LogP contribution in [0.15, 0.2) is 54.6 Å². The van der Waals surface area contributed by atoms with Gasteiger partial charge in [0.2, 0.25) is 0 Å². The van der Waals surface area contributed by atoms with E-state index < -0.39 is 0 Å². The van der Waals surface area contributed by atoms with Crippen LogP contribution in [-0.2, 0) is 6.42 Å². The molecule has 2 N–H and O–H groups in total. The fraction of sp³-hybridized carbons (Fsp3) is 0.533.